The van der Waals surface area contributed by atoms with Gasteiger partial charge < -0.3 is 14.7 Å². The third kappa shape index (κ3) is 4.08. The van der Waals surface area contributed by atoms with Crippen molar-refractivity contribution in [2.75, 3.05) is 13.7 Å². The van der Waals surface area contributed by atoms with Gasteiger partial charge in [-0.3, -0.25) is 9.89 Å². The molecule has 1 aromatic heterocycles. The van der Waals surface area contributed by atoms with E-state index in [1.165, 1.54) is 0 Å². The molecule has 0 spiro atoms. The van der Waals surface area contributed by atoms with E-state index in [0.717, 1.165) is 11.3 Å². The molecular weight excluding hydrogens is 286 g/mol. The summed E-state index contributed by atoms with van der Waals surface area (Å²) >= 11 is 0. The monoisotopic (exact) mass is 303 g/mol. The van der Waals surface area contributed by atoms with Crippen molar-refractivity contribution < 1.29 is 19.4 Å². The maximum Gasteiger partial charge on any atom is 0.341 e. The maximum absolute atomic E-state index is 12.2. The molecule has 0 bridgehead atoms. The highest BCUT2D eigenvalue weighted by molar-refractivity contribution is 5.92. The summed E-state index contributed by atoms with van der Waals surface area (Å²) in [5.41, 5.74) is 2.11. The number of carbonyl (C=O) groups excluding carboxylic acids is 1. The number of aliphatic carboxylic acids is 1. The summed E-state index contributed by atoms with van der Waals surface area (Å²) in [4.78, 5) is 24.1. The summed E-state index contributed by atoms with van der Waals surface area (Å²) in [6.45, 7) is 1.87. The first-order valence-electron chi connectivity index (χ1n) is 6.66. The summed E-state index contributed by atoms with van der Waals surface area (Å²) in [5.74, 6) is -0.720. The Morgan fingerprint density at radius 1 is 1.32 bits per heavy atom. The standard InChI is InChI=1S/C15H17N3O4/c1-10-7-13(17-16-10)15(21)18(2)8-11-3-5-12(6-4-11)22-9-14(19)20/h3-7H,8-9H2,1-2H3,(H,16,17)(H,19,20). The highest BCUT2D eigenvalue weighted by Gasteiger charge is 2.14. The first kappa shape index (κ1) is 15.6. The first-order chi connectivity index (χ1) is 10.5. The quantitative estimate of drug-likeness (QED) is 0.842. The van der Waals surface area contributed by atoms with Crippen molar-refractivity contribution in [1.82, 2.24) is 15.1 Å². The lowest BCUT2D eigenvalue weighted by Gasteiger charge is -2.16. The molecule has 1 heterocycles. The second-order valence-electron chi connectivity index (χ2n) is 4.92. The van der Waals surface area contributed by atoms with E-state index in [1.807, 2.05) is 6.92 Å². The Hall–Kier alpha value is -2.83. The molecule has 22 heavy (non-hydrogen) atoms. The van der Waals surface area contributed by atoms with Crippen LogP contribution in [-0.2, 0) is 11.3 Å². The summed E-state index contributed by atoms with van der Waals surface area (Å²) in [6.07, 6.45) is 0. The summed E-state index contributed by atoms with van der Waals surface area (Å²) in [6, 6.07) is 8.62. The van der Waals surface area contributed by atoms with Gasteiger partial charge in [0.2, 0.25) is 0 Å². The lowest BCUT2D eigenvalue weighted by atomic mass is 10.2. The summed E-state index contributed by atoms with van der Waals surface area (Å²) in [5, 5.41) is 15.2. The Labute approximate surface area is 127 Å². The number of aryl methyl sites for hydroxylation is 1. The van der Waals surface area contributed by atoms with Crippen LogP contribution in [0, 0.1) is 6.92 Å². The molecular formula is C15H17N3O4. The lowest BCUT2D eigenvalue weighted by molar-refractivity contribution is -0.139. The third-order valence-electron chi connectivity index (χ3n) is 2.98. The second-order valence-corrected chi connectivity index (χ2v) is 4.92. The number of benzene rings is 1. The second kappa shape index (κ2) is 6.75. The van der Waals surface area contributed by atoms with E-state index in [1.54, 1.807) is 42.3 Å². The predicted molar refractivity (Wildman–Crippen MR) is 78.7 cm³/mol. The molecule has 0 saturated heterocycles. The molecule has 0 atom stereocenters. The predicted octanol–water partition coefficient (Wildman–Crippen LogP) is 1.45. The molecule has 0 aliphatic rings. The molecule has 2 N–H and O–H groups in total. The van der Waals surface area contributed by atoms with Crippen LogP contribution in [0.15, 0.2) is 30.3 Å². The molecule has 2 rings (SSSR count). The Kier molecular flexibility index (Phi) is 4.77. The maximum atomic E-state index is 12.2. The molecule has 0 aliphatic heterocycles. The number of aromatic nitrogens is 2. The fourth-order valence-electron chi connectivity index (χ4n) is 1.90. The van der Waals surface area contributed by atoms with Gasteiger partial charge in [0.05, 0.1) is 0 Å². The van der Waals surface area contributed by atoms with E-state index in [2.05, 4.69) is 10.2 Å². The smallest absolute Gasteiger partial charge is 0.341 e. The first-order valence-corrected chi connectivity index (χ1v) is 6.66. The fraction of sp³-hybridized carbons (Fsp3) is 0.267. The average molecular weight is 303 g/mol. The number of aromatic amines is 1. The molecule has 7 nitrogen and oxygen atoms in total. The number of nitrogens with one attached hydrogen (secondary N) is 1. The molecule has 7 heteroatoms. The highest BCUT2D eigenvalue weighted by atomic mass is 16.5. The van der Waals surface area contributed by atoms with Crippen LogP contribution in [-0.4, -0.2) is 45.7 Å². The zero-order valence-corrected chi connectivity index (χ0v) is 12.4. The molecule has 0 saturated carbocycles. The van der Waals surface area contributed by atoms with Crippen molar-refractivity contribution in [2.45, 2.75) is 13.5 Å². The minimum Gasteiger partial charge on any atom is -0.482 e. The van der Waals surface area contributed by atoms with E-state index in [4.69, 9.17) is 9.84 Å². The topological polar surface area (TPSA) is 95.5 Å². The number of carboxylic acids is 1. The molecule has 0 radical (unpaired) electrons. The zero-order chi connectivity index (χ0) is 16.1. The van der Waals surface area contributed by atoms with E-state index >= 15 is 0 Å². The molecule has 116 valence electrons. The van der Waals surface area contributed by atoms with Crippen LogP contribution in [0.4, 0.5) is 0 Å². The number of hydrogen-bond donors (Lipinski definition) is 2. The number of amides is 1. The molecule has 0 unspecified atom stereocenters. The van der Waals surface area contributed by atoms with Crippen LogP contribution >= 0.6 is 0 Å². The Bertz CT molecular complexity index is 664. The van der Waals surface area contributed by atoms with Gasteiger partial charge in [0.1, 0.15) is 11.4 Å². The Balaban J connectivity index is 1.95. The average Bonchev–Trinajstić information content (AvgIpc) is 2.92. The van der Waals surface area contributed by atoms with Gasteiger partial charge in [-0.25, -0.2) is 4.79 Å². The molecule has 2 aromatic rings. The van der Waals surface area contributed by atoms with Crippen LogP contribution < -0.4 is 4.74 Å². The van der Waals surface area contributed by atoms with Crippen LogP contribution in [0.1, 0.15) is 21.7 Å². The number of ether oxygens (including phenoxy) is 1. The number of nitrogens with zero attached hydrogens (tertiary/aromatic N) is 2. The lowest BCUT2D eigenvalue weighted by Crippen LogP contribution is -2.26. The minimum absolute atomic E-state index is 0.171. The van der Waals surface area contributed by atoms with E-state index in [0.29, 0.717) is 18.0 Å². The summed E-state index contributed by atoms with van der Waals surface area (Å²) < 4.78 is 5.05. The largest absolute Gasteiger partial charge is 0.482 e. The van der Waals surface area contributed by atoms with E-state index in [-0.39, 0.29) is 12.5 Å². The van der Waals surface area contributed by atoms with Crippen LogP contribution in [0.25, 0.3) is 0 Å². The van der Waals surface area contributed by atoms with Gasteiger partial charge in [-0.15, -0.1) is 0 Å². The van der Waals surface area contributed by atoms with Gasteiger partial charge >= 0.3 is 5.97 Å². The number of carbonyl (C=O) groups is 2. The Morgan fingerprint density at radius 3 is 2.55 bits per heavy atom. The summed E-state index contributed by atoms with van der Waals surface area (Å²) in [7, 11) is 1.70. The number of carboxylic acid groups (broad SMARTS) is 1. The van der Waals surface area contributed by atoms with E-state index < -0.39 is 5.97 Å². The van der Waals surface area contributed by atoms with Gasteiger partial charge in [-0.2, -0.15) is 5.10 Å². The van der Waals surface area contributed by atoms with Gasteiger partial charge in [0, 0.05) is 19.3 Å². The normalized spacial score (nSPS) is 10.3. The van der Waals surface area contributed by atoms with Gasteiger partial charge in [-0.05, 0) is 30.7 Å². The molecule has 0 fully saturated rings. The molecule has 1 amide bonds. The van der Waals surface area contributed by atoms with Gasteiger partial charge in [-0.1, -0.05) is 12.1 Å². The fourth-order valence-corrected chi connectivity index (χ4v) is 1.90. The molecule has 0 aliphatic carbocycles. The van der Waals surface area contributed by atoms with Crippen molar-refractivity contribution in [3.63, 3.8) is 0 Å². The van der Waals surface area contributed by atoms with Crippen molar-refractivity contribution >= 4 is 11.9 Å². The van der Waals surface area contributed by atoms with Crippen molar-refractivity contribution in [3.8, 4) is 5.75 Å². The van der Waals surface area contributed by atoms with Crippen molar-refractivity contribution in [2.24, 2.45) is 0 Å². The highest BCUT2D eigenvalue weighted by Crippen LogP contribution is 2.14. The number of rotatable bonds is 6. The van der Waals surface area contributed by atoms with Gasteiger partial charge in [0.15, 0.2) is 6.61 Å². The molecule has 1 aromatic carbocycles. The Morgan fingerprint density at radius 2 is 2.00 bits per heavy atom. The SMILES string of the molecule is Cc1cc(C(=O)N(C)Cc2ccc(OCC(=O)O)cc2)n[nH]1. The van der Waals surface area contributed by atoms with E-state index in [9.17, 15) is 9.59 Å². The number of hydrogen-bond acceptors (Lipinski definition) is 4. The minimum atomic E-state index is -1.02. The van der Waals surface area contributed by atoms with Crippen LogP contribution in [0.3, 0.4) is 0 Å². The van der Waals surface area contributed by atoms with Crippen LogP contribution in [0.2, 0.25) is 0 Å². The third-order valence-corrected chi connectivity index (χ3v) is 2.98. The van der Waals surface area contributed by atoms with Gasteiger partial charge in [0.25, 0.3) is 5.91 Å². The zero-order valence-electron chi connectivity index (χ0n) is 12.4. The van der Waals surface area contributed by atoms with Crippen molar-refractivity contribution in [3.05, 3.63) is 47.3 Å². The van der Waals surface area contributed by atoms with Crippen molar-refractivity contribution in [1.29, 1.82) is 0 Å². The van der Waals surface area contributed by atoms with Crippen LogP contribution in [0.5, 0.6) is 5.75 Å². The number of H-pyrrole nitrogens is 1.